The molecule has 1 aliphatic heterocycles. The Morgan fingerprint density at radius 2 is 1.00 bits per heavy atom. The molecule has 1 fully saturated rings. The highest BCUT2D eigenvalue weighted by atomic mass is 32.2. The molecule has 1 saturated heterocycles. The van der Waals surface area contributed by atoms with E-state index in [0.717, 1.165) is 64.2 Å². The van der Waals surface area contributed by atoms with E-state index in [0.29, 0.717) is 12.8 Å². The van der Waals surface area contributed by atoms with Crippen molar-refractivity contribution in [3.8, 4) is 0 Å². The highest BCUT2D eigenvalue weighted by molar-refractivity contribution is 7.85. The summed E-state index contributed by atoms with van der Waals surface area (Å²) >= 11 is 0. The summed E-state index contributed by atoms with van der Waals surface area (Å²) in [5, 5.41) is 30.9. The fraction of sp³-hybridized carbons (Fsp3) is 0.787. The highest BCUT2D eigenvalue weighted by Gasteiger charge is 2.46. The van der Waals surface area contributed by atoms with Crippen LogP contribution in [0.4, 0.5) is 0 Å². The van der Waals surface area contributed by atoms with Crippen LogP contribution in [0.5, 0.6) is 0 Å². The molecule has 6 atom stereocenters. The molecule has 0 amide bonds. The van der Waals surface area contributed by atoms with Crippen molar-refractivity contribution >= 4 is 22.1 Å². The molecule has 1 rings (SSSR count). The van der Waals surface area contributed by atoms with Gasteiger partial charge in [-0.1, -0.05) is 140 Å². The van der Waals surface area contributed by atoms with Crippen molar-refractivity contribution in [3.63, 3.8) is 0 Å². The summed E-state index contributed by atoms with van der Waals surface area (Å²) in [6, 6.07) is 0. The summed E-state index contributed by atoms with van der Waals surface area (Å²) < 4.78 is 54.0. The fourth-order valence-electron chi connectivity index (χ4n) is 6.74. The van der Waals surface area contributed by atoms with Crippen LogP contribution in [-0.4, -0.2) is 96.0 Å². The number of rotatable bonds is 38. The van der Waals surface area contributed by atoms with E-state index in [1.54, 1.807) is 0 Å². The van der Waals surface area contributed by atoms with Crippen LogP contribution >= 0.6 is 0 Å². The average Bonchev–Trinajstić information content (AvgIpc) is 3.21. The second-order valence-electron chi connectivity index (χ2n) is 16.1. The van der Waals surface area contributed by atoms with Gasteiger partial charge in [0.25, 0.3) is 10.1 Å². The Bertz CT molecular complexity index is 1300. The number of aliphatic hydroxyl groups is 3. The molecule has 0 radical (unpaired) electrons. The first-order valence-corrected chi connectivity index (χ1v) is 24.8. The lowest BCUT2D eigenvalue weighted by atomic mass is 10.00. The molecule has 2 unspecified atom stereocenters. The predicted octanol–water partition coefficient (Wildman–Crippen LogP) is 9.56. The van der Waals surface area contributed by atoms with Crippen LogP contribution in [0.1, 0.15) is 181 Å². The van der Waals surface area contributed by atoms with Gasteiger partial charge in [-0.3, -0.25) is 14.1 Å². The van der Waals surface area contributed by atoms with Gasteiger partial charge < -0.3 is 34.3 Å². The third-order valence-electron chi connectivity index (χ3n) is 10.4. The van der Waals surface area contributed by atoms with Gasteiger partial charge in [-0.2, -0.15) is 8.42 Å². The van der Waals surface area contributed by atoms with E-state index in [1.165, 1.54) is 77.0 Å². The molecule has 0 spiro atoms. The molecular formula is C47H82O12S. The van der Waals surface area contributed by atoms with Crippen molar-refractivity contribution < 1.29 is 56.8 Å². The molecule has 0 aromatic rings. The number of carbonyl (C=O) groups excluding carboxylic acids is 2. The summed E-state index contributed by atoms with van der Waals surface area (Å²) in [6.07, 6.45) is 34.4. The third kappa shape index (κ3) is 31.5. The summed E-state index contributed by atoms with van der Waals surface area (Å²) in [6.45, 7) is 3.69. The normalized spacial score (nSPS) is 20.5. The molecule has 60 heavy (non-hydrogen) atoms. The van der Waals surface area contributed by atoms with Gasteiger partial charge in [0.2, 0.25) is 0 Å². The van der Waals surface area contributed by atoms with Crippen LogP contribution < -0.4 is 0 Å². The minimum absolute atomic E-state index is 0.119. The van der Waals surface area contributed by atoms with Gasteiger partial charge in [0.1, 0.15) is 36.8 Å². The lowest BCUT2D eigenvalue weighted by Gasteiger charge is -2.40. The number of aliphatic hydroxyl groups excluding tert-OH is 3. The van der Waals surface area contributed by atoms with Crippen LogP contribution in [0.25, 0.3) is 0 Å². The molecule has 0 aromatic heterocycles. The zero-order chi connectivity index (χ0) is 44.1. The third-order valence-corrected chi connectivity index (χ3v) is 11.1. The zero-order valence-electron chi connectivity index (χ0n) is 37.1. The SMILES string of the molecule is CCCCC/C=C/C/C=C/CCCCCCCCCC(=O)OC[C@H](CO[C@H]1O[C@H](CS(=O)(=O)O)[C@@H](O)C(O)C1O)OC(=O)CCCC/C=C/C/C=C/CCCCCCCC. The zero-order valence-corrected chi connectivity index (χ0v) is 37.9. The van der Waals surface area contributed by atoms with Gasteiger partial charge in [-0.25, -0.2) is 0 Å². The van der Waals surface area contributed by atoms with E-state index in [1.807, 2.05) is 0 Å². The maximum atomic E-state index is 12.8. The first-order valence-electron chi connectivity index (χ1n) is 23.2. The molecule has 1 aliphatic rings. The molecule has 0 aromatic carbocycles. The largest absolute Gasteiger partial charge is 0.462 e. The Morgan fingerprint density at radius 3 is 1.53 bits per heavy atom. The van der Waals surface area contributed by atoms with Crippen molar-refractivity contribution in [2.45, 2.75) is 218 Å². The Morgan fingerprint density at radius 1 is 0.567 bits per heavy atom. The van der Waals surface area contributed by atoms with E-state index < -0.39 is 71.2 Å². The van der Waals surface area contributed by atoms with Crippen LogP contribution in [0.3, 0.4) is 0 Å². The van der Waals surface area contributed by atoms with Crippen molar-refractivity contribution in [2.24, 2.45) is 0 Å². The number of esters is 2. The molecule has 4 N–H and O–H groups in total. The monoisotopic (exact) mass is 871 g/mol. The Balaban J connectivity index is 2.46. The topological polar surface area (TPSA) is 186 Å². The first-order chi connectivity index (χ1) is 29.0. The van der Waals surface area contributed by atoms with Crippen molar-refractivity contribution in [1.29, 1.82) is 0 Å². The van der Waals surface area contributed by atoms with E-state index in [4.69, 9.17) is 18.9 Å². The Labute approximate surface area is 363 Å². The molecule has 1 heterocycles. The summed E-state index contributed by atoms with van der Waals surface area (Å²) in [7, 11) is -4.61. The van der Waals surface area contributed by atoms with Gasteiger partial charge in [0, 0.05) is 12.8 Å². The highest BCUT2D eigenvalue weighted by Crippen LogP contribution is 2.24. The van der Waals surface area contributed by atoms with Crippen molar-refractivity contribution in [1.82, 2.24) is 0 Å². The first kappa shape index (κ1) is 55.6. The van der Waals surface area contributed by atoms with Crippen molar-refractivity contribution in [2.75, 3.05) is 19.0 Å². The lowest BCUT2D eigenvalue weighted by Crippen LogP contribution is -2.60. The molecular weight excluding hydrogens is 789 g/mol. The summed E-state index contributed by atoms with van der Waals surface area (Å²) in [5.74, 6) is -2.04. The maximum Gasteiger partial charge on any atom is 0.306 e. The molecule has 348 valence electrons. The number of hydrogen-bond donors (Lipinski definition) is 4. The second kappa shape index (κ2) is 37.2. The maximum absolute atomic E-state index is 12.8. The van der Waals surface area contributed by atoms with Gasteiger partial charge in [-0.05, 0) is 77.0 Å². The standard InChI is InChI=1S/C47H82O12S/c1-3-5-7-9-11-13-15-17-19-20-22-23-25-27-29-31-33-35-42(48)56-37-40(38-57-47-46(52)45(51)44(50)41(59-47)39-60(53,54)55)58-43(49)36-34-32-30-28-26-24-21-18-16-14-12-10-8-6-4-2/h11,13,17-19,21,26,28,40-41,44-47,50-52H,3-10,12,14-16,20,22-25,27,29-39H2,1-2H3,(H,53,54,55)/b13-11+,19-17+,21-18+,28-26+/t40-,41-,44-,45?,46?,47+/m1/s1. The number of carbonyl (C=O) groups is 2. The van der Waals surface area contributed by atoms with Gasteiger partial charge >= 0.3 is 11.9 Å². The van der Waals surface area contributed by atoms with Crippen LogP contribution in [0.2, 0.25) is 0 Å². The quantitative estimate of drug-likeness (QED) is 0.0200. The Kier molecular flexibility index (Phi) is 34.5. The Hall–Kier alpha value is -2.39. The van der Waals surface area contributed by atoms with Gasteiger partial charge in [-0.15, -0.1) is 0 Å². The molecule has 12 nitrogen and oxygen atoms in total. The van der Waals surface area contributed by atoms with E-state index >= 15 is 0 Å². The number of ether oxygens (including phenoxy) is 4. The summed E-state index contributed by atoms with van der Waals surface area (Å²) in [4.78, 5) is 25.4. The van der Waals surface area contributed by atoms with E-state index in [9.17, 15) is 37.9 Å². The minimum atomic E-state index is -4.61. The van der Waals surface area contributed by atoms with Gasteiger partial charge in [0.05, 0.1) is 6.61 Å². The van der Waals surface area contributed by atoms with Crippen LogP contribution in [0, 0.1) is 0 Å². The average molecular weight is 871 g/mol. The van der Waals surface area contributed by atoms with E-state index in [2.05, 4.69) is 62.5 Å². The van der Waals surface area contributed by atoms with Crippen LogP contribution in [0.15, 0.2) is 48.6 Å². The molecule has 0 aliphatic carbocycles. The lowest BCUT2D eigenvalue weighted by molar-refractivity contribution is -0.297. The molecule has 0 saturated carbocycles. The van der Waals surface area contributed by atoms with Gasteiger partial charge in [0.15, 0.2) is 12.4 Å². The molecule has 0 bridgehead atoms. The van der Waals surface area contributed by atoms with Crippen molar-refractivity contribution in [3.05, 3.63) is 48.6 Å². The summed E-state index contributed by atoms with van der Waals surface area (Å²) in [5.41, 5.74) is 0. The van der Waals surface area contributed by atoms with Crippen LogP contribution in [-0.2, 0) is 38.7 Å². The minimum Gasteiger partial charge on any atom is -0.462 e. The molecule has 13 heteroatoms. The number of unbranched alkanes of at least 4 members (excludes halogenated alkanes) is 18. The smallest absolute Gasteiger partial charge is 0.306 e. The fourth-order valence-corrected chi connectivity index (χ4v) is 7.43. The predicted molar refractivity (Wildman–Crippen MR) is 238 cm³/mol. The van der Waals surface area contributed by atoms with E-state index in [-0.39, 0.29) is 19.4 Å². The number of allylic oxidation sites excluding steroid dienone is 8. The number of hydrogen-bond acceptors (Lipinski definition) is 11. The second-order valence-corrected chi connectivity index (χ2v) is 17.6.